The number of nitrogens with one attached hydrogen (secondary N) is 1. The Morgan fingerprint density at radius 1 is 1.03 bits per heavy atom. The Hall–Kier alpha value is -3.24. The van der Waals surface area contributed by atoms with Crippen LogP contribution in [0.3, 0.4) is 0 Å². The maximum Gasteiger partial charge on any atom is 0.254 e. The van der Waals surface area contributed by atoms with Crippen molar-refractivity contribution < 1.29 is 28.5 Å². The number of carbonyl (C=O) groups excluding carboxylic acids is 2. The van der Waals surface area contributed by atoms with Crippen LogP contribution in [0.25, 0.3) is 0 Å². The predicted octanol–water partition coefficient (Wildman–Crippen LogP) is 2.64. The molecule has 1 aliphatic rings. The summed E-state index contributed by atoms with van der Waals surface area (Å²) in [6, 6.07) is 12.5. The normalized spacial score (nSPS) is 17.5. The van der Waals surface area contributed by atoms with Crippen LogP contribution in [0.5, 0.6) is 17.2 Å². The van der Waals surface area contributed by atoms with Crippen LogP contribution in [0, 0.1) is 5.92 Å². The predicted molar refractivity (Wildman–Crippen MR) is 154 cm³/mol. The Morgan fingerprint density at radius 2 is 1.82 bits per heavy atom. The maximum absolute atomic E-state index is 13.8. The van der Waals surface area contributed by atoms with Gasteiger partial charge in [0.1, 0.15) is 5.75 Å². The van der Waals surface area contributed by atoms with E-state index in [1.165, 1.54) is 0 Å². The molecule has 0 spiro atoms. The number of rotatable bonds is 13. The fourth-order valence-electron chi connectivity index (χ4n) is 5.14. The molecule has 3 rings (SSSR count). The first-order valence-electron chi connectivity index (χ1n) is 13.5. The van der Waals surface area contributed by atoms with E-state index >= 15 is 0 Å². The van der Waals surface area contributed by atoms with Gasteiger partial charge in [-0.3, -0.25) is 9.59 Å². The van der Waals surface area contributed by atoms with Crippen molar-refractivity contribution in [2.75, 3.05) is 54.2 Å². The van der Waals surface area contributed by atoms with Gasteiger partial charge in [0.2, 0.25) is 0 Å². The van der Waals surface area contributed by atoms with Crippen LogP contribution in [0.2, 0.25) is 0 Å². The molecule has 2 aromatic rings. The van der Waals surface area contributed by atoms with Crippen molar-refractivity contribution in [2.24, 2.45) is 5.92 Å². The standard InChI is InChI=1S/C29H42BN3O6/c1-20(2)33(29(35)23-10-11-26(38-5)27(16-23)39-13-7-12-36-3)24-14-21(18-32(30)19-24)17-31-28(34)22-8-6-9-25(15-22)37-4/h6,8-11,15-16,20-21,24H,7,12-14,17-19,30H2,1-5H3,(H,31,34). The molecule has 1 heterocycles. The lowest BCUT2D eigenvalue weighted by Crippen LogP contribution is -2.55. The van der Waals surface area contributed by atoms with Gasteiger partial charge in [-0.15, -0.1) is 0 Å². The second-order valence-electron chi connectivity index (χ2n) is 10.3. The van der Waals surface area contributed by atoms with Crippen LogP contribution < -0.4 is 19.5 Å². The van der Waals surface area contributed by atoms with Crippen molar-refractivity contribution in [3.8, 4) is 17.2 Å². The second kappa shape index (κ2) is 14.8. The summed E-state index contributed by atoms with van der Waals surface area (Å²) in [6.45, 7) is 7.27. The molecule has 2 aromatic carbocycles. The number of carbonyl (C=O) groups is 2. The Balaban J connectivity index is 1.71. The first-order chi connectivity index (χ1) is 18.8. The molecule has 2 amide bonds. The summed E-state index contributed by atoms with van der Waals surface area (Å²) in [7, 11) is 6.89. The van der Waals surface area contributed by atoms with E-state index in [4.69, 9.17) is 18.9 Å². The van der Waals surface area contributed by atoms with E-state index in [9.17, 15) is 9.59 Å². The third kappa shape index (κ3) is 8.37. The highest BCUT2D eigenvalue weighted by Gasteiger charge is 2.34. The Kier molecular flexibility index (Phi) is 11.5. The highest BCUT2D eigenvalue weighted by atomic mass is 16.5. The molecule has 1 N–H and O–H groups in total. The third-order valence-corrected chi connectivity index (χ3v) is 6.93. The highest BCUT2D eigenvalue weighted by molar-refractivity contribution is 6.04. The van der Waals surface area contributed by atoms with Gasteiger partial charge in [-0.1, -0.05) is 6.07 Å². The number of benzene rings is 2. The lowest BCUT2D eigenvalue weighted by molar-refractivity contribution is 0.0464. The van der Waals surface area contributed by atoms with Crippen LogP contribution in [0.15, 0.2) is 42.5 Å². The van der Waals surface area contributed by atoms with Crippen molar-refractivity contribution in [3.05, 3.63) is 53.6 Å². The first kappa shape index (κ1) is 30.3. The van der Waals surface area contributed by atoms with Gasteiger partial charge >= 0.3 is 0 Å². The molecule has 0 bridgehead atoms. The lowest BCUT2D eigenvalue weighted by Gasteiger charge is -2.43. The van der Waals surface area contributed by atoms with Crippen molar-refractivity contribution in [1.29, 1.82) is 0 Å². The number of ether oxygens (including phenoxy) is 4. The number of nitrogens with zero attached hydrogens (tertiary/aromatic N) is 2. The zero-order valence-corrected chi connectivity index (χ0v) is 24.1. The number of hydrogen-bond acceptors (Lipinski definition) is 7. The van der Waals surface area contributed by atoms with E-state index in [1.54, 1.807) is 57.7 Å². The van der Waals surface area contributed by atoms with Crippen LogP contribution in [0.4, 0.5) is 0 Å². The zero-order valence-electron chi connectivity index (χ0n) is 24.1. The summed E-state index contributed by atoms with van der Waals surface area (Å²) >= 11 is 0. The van der Waals surface area contributed by atoms with E-state index in [-0.39, 0.29) is 29.8 Å². The van der Waals surface area contributed by atoms with E-state index < -0.39 is 0 Å². The van der Waals surface area contributed by atoms with Crippen LogP contribution >= 0.6 is 0 Å². The Morgan fingerprint density at radius 3 is 2.51 bits per heavy atom. The third-order valence-electron chi connectivity index (χ3n) is 6.93. The molecule has 1 saturated heterocycles. The molecule has 0 aromatic heterocycles. The van der Waals surface area contributed by atoms with Gasteiger partial charge in [0.05, 0.1) is 20.8 Å². The molecule has 39 heavy (non-hydrogen) atoms. The summed E-state index contributed by atoms with van der Waals surface area (Å²) in [6.07, 6.45) is 1.53. The summed E-state index contributed by atoms with van der Waals surface area (Å²) in [5.41, 5.74) is 1.12. The second-order valence-corrected chi connectivity index (χ2v) is 10.3. The molecule has 0 aliphatic carbocycles. The topological polar surface area (TPSA) is 89.6 Å². The minimum Gasteiger partial charge on any atom is -0.497 e. The maximum atomic E-state index is 13.8. The van der Waals surface area contributed by atoms with E-state index in [0.717, 1.165) is 25.9 Å². The van der Waals surface area contributed by atoms with Gasteiger partial charge in [-0.2, -0.15) is 0 Å². The molecule has 0 radical (unpaired) electrons. The summed E-state index contributed by atoms with van der Waals surface area (Å²) < 4.78 is 21.7. The van der Waals surface area contributed by atoms with Crippen LogP contribution in [-0.4, -0.2) is 95.8 Å². The minimum atomic E-state index is -0.133. The number of methoxy groups -OCH3 is 3. The van der Waals surface area contributed by atoms with Gasteiger partial charge in [0.25, 0.3) is 11.8 Å². The van der Waals surface area contributed by atoms with E-state index in [0.29, 0.717) is 48.1 Å². The average molecular weight is 539 g/mol. The van der Waals surface area contributed by atoms with Gasteiger partial charge in [0, 0.05) is 56.4 Å². The van der Waals surface area contributed by atoms with Crippen LogP contribution in [-0.2, 0) is 4.74 Å². The Bertz CT molecular complexity index is 1100. The van der Waals surface area contributed by atoms with Crippen molar-refractivity contribution in [3.63, 3.8) is 0 Å². The summed E-state index contributed by atoms with van der Waals surface area (Å²) in [5, 5.41) is 3.07. The highest BCUT2D eigenvalue weighted by Crippen LogP contribution is 2.30. The van der Waals surface area contributed by atoms with Crippen molar-refractivity contribution >= 4 is 19.8 Å². The van der Waals surface area contributed by atoms with Gasteiger partial charge in [-0.25, -0.2) is 0 Å². The number of amides is 2. The summed E-state index contributed by atoms with van der Waals surface area (Å²) in [5.74, 6) is 1.80. The average Bonchev–Trinajstić information content (AvgIpc) is 2.93. The van der Waals surface area contributed by atoms with Gasteiger partial charge < -0.3 is 34.0 Å². The molecule has 2 atom stereocenters. The molecule has 2 unspecified atom stereocenters. The molecule has 10 heteroatoms. The van der Waals surface area contributed by atoms with Gasteiger partial charge in [0.15, 0.2) is 19.5 Å². The quantitative estimate of drug-likeness (QED) is 0.309. The minimum absolute atomic E-state index is 0.00291. The van der Waals surface area contributed by atoms with Crippen molar-refractivity contribution in [2.45, 2.75) is 38.8 Å². The van der Waals surface area contributed by atoms with Crippen LogP contribution in [0.1, 0.15) is 47.4 Å². The summed E-state index contributed by atoms with van der Waals surface area (Å²) in [4.78, 5) is 30.8. The SMILES string of the molecule is BN1CC(CNC(=O)c2cccc(OC)c2)CC(N(C(=O)c2ccc(OC)c(OCCCOC)c2)C(C)C)C1. The fraction of sp³-hybridized carbons (Fsp3) is 0.517. The molecule has 1 fully saturated rings. The number of piperidine rings is 1. The first-order valence-corrected chi connectivity index (χ1v) is 13.5. The molecule has 9 nitrogen and oxygen atoms in total. The Labute approximate surface area is 233 Å². The van der Waals surface area contributed by atoms with Crippen molar-refractivity contribution in [1.82, 2.24) is 15.0 Å². The largest absolute Gasteiger partial charge is 0.497 e. The lowest BCUT2D eigenvalue weighted by atomic mass is 9.90. The molecule has 0 saturated carbocycles. The molecular weight excluding hydrogens is 497 g/mol. The number of hydrogen-bond donors (Lipinski definition) is 1. The molecule has 1 aliphatic heterocycles. The van der Waals surface area contributed by atoms with E-state index in [2.05, 4.69) is 18.1 Å². The monoisotopic (exact) mass is 539 g/mol. The molecule has 212 valence electrons. The zero-order chi connectivity index (χ0) is 28.4. The van der Waals surface area contributed by atoms with E-state index in [1.807, 2.05) is 24.8 Å². The fourth-order valence-corrected chi connectivity index (χ4v) is 5.14. The van der Waals surface area contributed by atoms with Gasteiger partial charge in [-0.05, 0) is 69.1 Å². The molecular formula is C29H42BN3O6. The smallest absolute Gasteiger partial charge is 0.254 e.